The molecule has 1 heteroatoms. The number of aryl methyl sites for hydroxylation is 4. The van der Waals surface area contributed by atoms with Crippen LogP contribution in [0.4, 0.5) is 11.4 Å². The summed E-state index contributed by atoms with van der Waals surface area (Å²) in [6.45, 7) is 4.35. The molecule has 0 spiro atoms. The van der Waals surface area contributed by atoms with Crippen molar-refractivity contribution in [3.05, 3.63) is 58.7 Å². The predicted molar refractivity (Wildman–Crippen MR) is 73.0 cm³/mol. The van der Waals surface area contributed by atoms with Crippen molar-refractivity contribution in [1.82, 2.24) is 0 Å². The maximum Gasteiger partial charge on any atom is 0.0446 e. The summed E-state index contributed by atoms with van der Waals surface area (Å²) in [5.41, 5.74) is 8.14. The molecule has 0 amide bonds. The van der Waals surface area contributed by atoms with Gasteiger partial charge in [-0.1, -0.05) is 36.4 Å². The van der Waals surface area contributed by atoms with Crippen LogP contribution < -0.4 is 5.32 Å². The Hall–Kier alpha value is -1.76. The Bertz CT molecular complexity index is 518. The van der Waals surface area contributed by atoms with Gasteiger partial charge < -0.3 is 5.32 Å². The van der Waals surface area contributed by atoms with E-state index in [-0.39, 0.29) is 0 Å². The van der Waals surface area contributed by atoms with Crippen LogP contribution in [0.15, 0.2) is 36.4 Å². The first-order chi connectivity index (χ1) is 8.25. The van der Waals surface area contributed by atoms with Gasteiger partial charge in [0.2, 0.25) is 0 Å². The second-order valence-electron chi connectivity index (χ2n) is 4.84. The summed E-state index contributed by atoms with van der Waals surface area (Å²) in [7, 11) is 0. The molecule has 2 aromatic rings. The van der Waals surface area contributed by atoms with Crippen LogP contribution in [0.2, 0.25) is 0 Å². The zero-order valence-corrected chi connectivity index (χ0v) is 10.4. The number of nitrogens with one attached hydrogen (secondary N) is 1. The average Bonchev–Trinajstić information content (AvgIpc) is 2.51. The van der Waals surface area contributed by atoms with Crippen LogP contribution in [-0.4, -0.2) is 0 Å². The lowest BCUT2D eigenvalue weighted by Crippen LogP contribution is -1.97. The first kappa shape index (κ1) is 10.4. The summed E-state index contributed by atoms with van der Waals surface area (Å²) in [6.07, 6.45) is 2.25. The number of hydrogen-bond donors (Lipinski definition) is 1. The van der Waals surface area contributed by atoms with E-state index >= 15 is 0 Å². The lowest BCUT2D eigenvalue weighted by atomic mass is 10.0. The van der Waals surface area contributed by atoms with Gasteiger partial charge in [0.25, 0.3) is 0 Å². The Morgan fingerprint density at radius 1 is 0.765 bits per heavy atom. The zero-order chi connectivity index (χ0) is 11.8. The molecule has 2 aromatic carbocycles. The van der Waals surface area contributed by atoms with Crippen LogP contribution >= 0.6 is 0 Å². The highest BCUT2D eigenvalue weighted by atomic mass is 14.9. The van der Waals surface area contributed by atoms with Crippen LogP contribution in [0, 0.1) is 13.8 Å². The van der Waals surface area contributed by atoms with Crippen molar-refractivity contribution in [3.8, 4) is 0 Å². The number of anilines is 2. The Balaban J connectivity index is 2.17. The first-order valence-corrected chi connectivity index (χ1v) is 6.20. The van der Waals surface area contributed by atoms with E-state index in [4.69, 9.17) is 0 Å². The molecule has 1 nitrogen and oxygen atoms in total. The van der Waals surface area contributed by atoms with Gasteiger partial charge >= 0.3 is 0 Å². The molecule has 1 aliphatic heterocycles. The molecule has 0 unspecified atom stereocenters. The largest absolute Gasteiger partial charge is 0.355 e. The summed E-state index contributed by atoms with van der Waals surface area (Å²) < 4.78 is 0. The molecule has 0 bridgehead atoms. The number of benzene rings is 2. The van der Waals surface area contributed by atoms with E-state index in [2.05, 4.69) is 55.6 Å². The molecule has 3 rings (SSSR count). The van der Waals surface area contributed by atoms with Crippen molar-refractivity contribution in [1.29, 1.82) is 0 Å². The minimum absolute atomic E-state index is 1.13. The Morgan fingerprint density at radius 2 is 1.24 bits per heavy atom. The van der Waals surface area contributed by atoms with Crippen LogP contribution in [0.1, 0.15) is 22.3 Å². The van der Waals surface area contributed by atoms with E-state index in [0.717, 1.165) is 12.8 Å². The first-order valence-electron chi connectivity index (χ1n) is 6.20. The van der Waals surface area contributed by atoms with E-state index in [1.54, 1.807) is 0 Å². The van der Waals surface area contributed by atoms with Crippen LogP contribution in [0.5, 0.6) is 0 Å². The SMILES string of the molecule is Cc1cccc2c1Nc1c(C)cccc1CC2. The summed E-state index contributed by atoms with van der Waals surface area (Å²) in [5.74, 6) is 0. The average molecular weight is 223 g/mol. The second-order valence-corrected chi connectivity index (χ2v) is 4.84. The third kappa shape index (κ3) is 1.72. The fourth-order valence-electron chi connectivity index (χ4n) is 2.63. The predicted octanol–water partition coefficient (Wildman–Crippen LogP) is 4.15. The van der Waals surface area contributed by atoms with Gasteiger partial charge in [-0.2, -0.15) is 0 Å². The summed E-state index contributed by atoms with van der Waals surface area (Å²) in [6, 6.07) is 13.1. The summed E-state index contributed by atoms with van der Waals surface area (Å²) in [5, 5.41) is 3.64. The van der Waals surface area contributed by atoms with E-state index in [1.807, 2.05) is 0 Å². The van der Waals surface area contributed by atoms with Gasteiger partial charge in [-0.15, -0.1) is 0 Å². The molecule has 0 aromatic heterocycles. The van der Waals surface area contributed by atoms with Crippen LogP contribution in [0.25, 0.3) is 0 Å². The Labute approximate surface area is 102 Å². The Morgan fingerprint density at radius 3 is 1.71 bits per heavy atom. The molecule has 0 fully saturated rings. The van der Waals surface area contributed by atoms with E-state index < -0.39 is 0 Å². The van der Waals surface area contributed by atoms with Gasteiger partial charge in [0.1, 0.15) is 0 Å². The highest BCUT2D eigenvalue weighted by Crippen LogP contribution is 2.33. The molecule has 1 aliphatic rings. The molecule has 0 saturated carbocycles. The van der Waals surface area contributed by atoms with E-state index in [1.165, 1.54) is 33.6 Å². The molecule has 0 aliphatic carbocycles. The zero-order valence-electron chi connectivity index (χ0n) is 10.4. The van der Waals surface area contributed by atoms with Gasteiger partial charge in [-0.25, -0.2) is 0 Å². The van der Waals surface area contributed by atoms with Gasteiger partial charge in [-0.05, 0) is 48.9 Å². The molecular weight excluding hydrogens is 206 g/mol. The van der Waals surface area contributed by atoms with E-state index in [9.17, 15) is 0 Å². The monoisotopic (exact) mass is 223 g/mol. The van der Waals surface area contributed by atoms with Gasteiger partial charge in [-0.3, -0.25) is 0 Å². The lowest BCUT2D eigenvalue weighted by molar-refractivity contribution is 0.975. The molecule has 86 valence electrons. The smallest absolute Gasteiger partial charge is 0.0446 e. The molecule has 1 heterocycles. The minimum Gasteiger partial charge on any atom is -0.355 e. The lowest BCUT2D eigenvalue weighted by Gasteiger charge is -2.14. The highest BCUT2D eigenvalue weighted by molar-refractivity contribution is 5.73. The topological polar surface area (TPSA) is 12.0 Å². The van der Waals surface area contributed by atoms with Crippen molar-refractivity contribution in [2.75, 3.05) is 5.32 Å². The standard InChI is InChI=1S/C16H17N/c1-11-5-3-7-13-9-10-14-8-4-6-12(2)16(14)17-15(11)13/h3-8,17H,9-10H2,1-2H3. The Kier molecular flexibility index (Phi) is 2.40. The third-order valence-corrected chi connectivity index (χ3v) is 3.63. The molecule has 17 heavy (non-hydrogen) atoms. The van der Waals surface area contributed by atoms with Gasteiger partial charge in [0.05, 0.1) is 0 Å². The fourth-order valence-corrected chi connectivity index (χ4v) is 2.63. The van der Waals surface area contributed by atoms with E-state index in [0.29, 0.717) is 0 Å². The van der Waals surface area contributed by atoms with Crippen molar-refractivity contribution in [2.24, 2.45) is 0 Å². The molecule has 1 N–H and O–H groups in total. The normalized spacial score (nSPS) is 13.3. The summed E-state index contributed by atoms with van der Waals surface area (Å²) >= 11 is 0. The maximum absolute atomic E-state index is 3.64. The second kappa shape index (κ2) is 3.92. The van der Waals surface area contributed by atoms with Crippen LogP contribution in [-0.2, 0) is 12.8 Å². The van der Waals surface area contributed by atoms with Crippen molar-refractivity contribution in [2.45, 2.75) is 26.7 Å². The maximum atomic E-state index is 3.64. The highest BCUT2D eigenvalue weighted by Gasteiger charge is 2.14. The number of hydrogen-bond acceptors (Lipinski definition) is 1. The molecule has 0 radical (unpaired) electrons. The van der Waals surface area contributed by atoms with Gasteiger partial charge in [0.15, 0.2) is 0 Å². The summed E-state index contributed by atoms with van der Waals surface area (Å²) in [4.78, 5) is 0. The van der Waals surface area contributed by atoms with Crippen molar-refractivity contribution in [3.63, 3.8) is 0 Å². The third-order valence-electron chi connectivity index (χ3n) is 3.63. The number of para-hydroxylation sites is 2. The van der Waals surface area contributed by atoms with Gasteiger partial charge in [0, 0.05) is 11.4 Å². The quantitative estimate of drug-likeness (QED) is 0.707. The number of rotatable bonds is 0. The fraction of sp³-hybridized carbons (Fsp3) is 0.250. The van der Waals surface area contributed by atoms with Crippen molar-refractivity contribution >= 4 is 11.4 Å². The molecule has 0 saturated heterocycles. The molecular formula is C16H17N. The van der Waals surface area contributed by atoms with Crippen LogP contribution in [0.3, 0.4) is 0 Å². The minimum atomic E-state index is 1.13. The number of fused-ring (bicyclic) bond motifs is 2. The molecule has 0 atom stereocenters. The van der Waals surface area contributed by atoms with Crippen molar-refractivity contribution < 1.29 is 0 Å².